The zero-order valence-corrected chi connectivity index (χ0v) is 13.5. The molecule has 122 valence electrons. The van der Waals surface area contributed by atoms with Crippen LogP contribution in [-0.2, 0) is 6.54 Å². The number of hydrogen-bond acceptors (Lipinski definition) is 6. The van der Waals surface area contributed by atoms with E-state index in [4.69, 9.17) is 16.1 Å². The highest BCUT2D eigenvalue weighted by Gasteiger charge is 2.10. The number of aryl methyl sites for hydroxylation is 1. The van der Waals surface area contributed by atoms with Crippen LogP contribution in [0.3, 0.4) is 0 Å². The molecule has 7 nitrogen and oxygen atoms in total. The quantitative estimate of drug-likeness (QED) is 0.739. The van der Waals surface area contributed by atoms with Crippen LogP contribution in [0.4, 0.5) is 11.8 Å². The van der Waals surface area contributed by atoms with Crippen molar-refractivity contribution in [3.63, 3.8) is 0 Å². The summed E-state index contributed by atoms with van der Waals surface area (Å²) < 4.78 is 4.95. The van der Waals surface area contributed by atoms with E-state index < -0.39 is 0 Å². The predicted octanol–water partition coefficient (Wildman–Crippen LogP) is 3.10. The molecule has 2 heterocycles. The van der Waals surface area contributed by atoms with Crippen LogP contribution in [-0.4, -0.2) is 21.0 Å². The van der Waals surface area contributed by atoms with Gasteiger partial charge in [-0.1, -0.05) is 28.9 Å². The fourth-order valence-corrected chi connectivity index (χ4v) is 2.09. The molecular formula is C16H14ClN5O2. The van der Waals surface area contributed by atoms with Crippen molar-refractivity contribution < 1.29 is 9.32 Å². The minimum absolute atomic E-state index is 0.252. The lowest BCUT2D eigenvalue weighted by atomic mass is 10.2. The second-order valence-electron chi connectivity index (χ2n) is 5.02. The van der Waals surface area contributed by atoms with Crippen molar-refractivity contribution in [3.8, 4) is 0 Å². The van der Waals surface area contributed by atoms with Gasteiger partial charge in [0, 0.05) is 23.8 Å². The topological polar surface area (TPSA) is 92.9 Å². The molecule has 0 saturated heterocycles. The molecule has 3 aromatic rings. The molecule has 0 bridgehead atoms. The molecule has 0 spiro atoms. The van der Waals surface area contributed by atoms with Gasteiger partial charge in [-0.05, 0) is 30.7 Å². The maximum atomic E-state index is 12.2. The Balaban J connectivity index is 1.64. The second kappa shape index (κ2) is 7.10. The van der Waals surface area contributed by atoms with Crippen molar-refractivity contribution in [1.82, 2.24) is 20.4 Å². The van der Waals surface area contributed by atoms with E-state index in [9.17, 15) is 4.79 Å². The molecule has 0 aliphatic heterocycles. The minimum atomic E-state index is -0.299. The highest BCUT2D eigenvalue weighted by Crippen LogP contribution is 2.13. The summed E-state index contributed by atoms with van der Waals surface area (Å²) in [5.74, 6) is 1.11. The van der Waals surface area contributed by atoms with Gasteiger partial charge in [0.1, 0.15) is 11.5 Å². The van der Waals surface area contributed by atoms with Crippen LogP contribution in [0.1, 0.15) is 21.8 Å². The number of halogens is 1. The number of hydrogen-bond donors (Lipinski definition) is 2. The van der Waals surface area contributed by atoms with E-state index in [-0.39, 0.29) is 17.5 Å². The van der Waals surface area contributed by atoms with Gasteiger partial charge in [0.2, 0.25) is 5.95 Å². The van der Waals surface area contributed by atoms with E-state index >= 15 is 0 Å². The number of carbonyl (C=O) groups excluding carboxylic acids is 1. The molecule has 0 atom stereocenters. The average Bonchev–Trinajstić information content (AvgIpc) is 2.99. The Morgan fingerprint density at radius 2 is 2.04 bits per heavy atom. The van der Waals surface area contributed by atoms with Crippen molar-refractivity contribution in [2.75, 3.05) is 5.32 Å². The molecule has 0 fully saturated rings. The summed E-state index contributed by atoms with van der Waals surface area (Å²) >= 11 is 5.83. The van der Waals surface area contributed by atoms with Crippen LogP contribution < -0.4 is 10.6 Å². The molecule has 3 rings (SSSR count). The van der Waals surface area contributed by atoms with Crippen molar-refractivity contribution in [3.05, 3.63) is 64.6 Å². The summed E-state index contributed by atoms with van der Waals surface area (Å²) in [6.07, 6.45) is 1.50. The number of nitrogens with zero attached hydrogens (tertiary/aromatic N) is 3. The van der Waals surface area contributed by atoms with E-state index in [1.54, 1.807) is 25.1 Å². The van der Waals surface area contributed by atoms with Crippen LogP contribution in [0.25, 0.3) is 0 Å². The molecule has 8 heteroatoms. The molecule has 2 aromatic heterocycles. The summed E-state index contributed by atoms with van der Waals surface area (Å²) in [4.78, 5) is 20.4. The summed E-state index contributed by atoms with van der Waals surface area (Å²) in [6, 6.07) is 10.5. The van der Waals surface area contributed by atoms with E-state index in [1.807, 2.05) is 12.1 Å². The maximum absolute atomic E-state index is 12.2. The Hall–Kier alpha value is -2.93. The van der Waals surface area contributed by atoms with Crippen molar-refractivity contribution in [2.24, 2.45) is 0 Å². The Morgan fingerprint density at radius 1 is 1.25 bits per heavy atom. The van der Waals surface area contributed by atoms with Crippen molar-refractivity contribution >= 4 is 29.3 Å². The monoisotopic (exact) mass is 343 g/mol. The van der Waals surface area contributed by atoms with Crippen LogP contribution in [0.2, 0.25) is 5.02 Å². The van der Waals surface area contributed by atoms with Gasteiger partial charge in [-0.3, -0.25) is 4.79 Å². The van der Waals surface area contributed by atoms with Gasteiger partial charge in [0.05, 0.1) is 0 Å². The molecule has 2 N–H and O–H groups in total. The maximum Gasteiger partial charge on any atom is 0.270 e. The first kappa shape index (κ1) is 15.9. The third-order valence-corrected chi connectivity index (χ3v) is 3.37. The van der Waals surface area contributed by atoms with Crippen LogP contribution >= 0.6 is 11.6 Å². The molecule has 0 aliphatic carbocycles. The van der Waals surface area contributed by atoms with Crippen molar-refractivity contribution in [2.45, 2.75) is 13.5 Å². The highest BCUT2D eigenvalue weighted by atomic mass is 35.5. The lowest BCUT2D eigenvalue weighted by Crippen LogP contribution is -2.24. The fourth-order valence-electron chi connectivity index (χ4n) is 1.96. The van der Waals surface area contributed by atoms with Gasteiger partial charge in [0.25, 0.3) is 5.91 Å². The third kappa shape index (κ3) is 4.08. The Morgan fingerprint density at radius 3 is 2.75 bits per heavy atom. The zero-order chi connectivity index (χ0) is 16.9. The van der Waals surface area contributed by atoms with Gasteiger partial charge in [-0.2, -0.15) is 0 Å². The fraction of sp³-hybridized carbons (Fsp3) is 0.125. The van der Waals surface area contributed by atoms with Gasteiger partial charge in [0.15, 0.2) is 5.82 Å². The Kier molecular flexibility index (Phi) is 4.72. The lowest BCUT2D eigenvalue weighted by Gasteiger charge is -2.06. The van der Waals surface area contributed by atoms with Gasteiger partial charge in [-0.15, -0.1) is 0 Å². The smallest absolute Gasteiger partial charge is 0.270 e. The van der Waals surface area contributed by atoms with Gasteiger partial charge < -0.3 is 15.2 Å². The van der Waals surface area contributed by atoms with Crippen LogP contribution in [0.15, 0.2) is 47.1 Å². The normalized spacial score (nSPS) is 10.4. The summed E-state index contributed by atoms with van der Waals surface area (Å²) in [5.41, 5.74) is 1.19. The first-order valence-corrected chi connectivity index (χ1v) is 7.54. The molecule has 24 heavy (non-hydrogen) atoms. The predicted molar refractivity (Wildman–Crippen MR) is 89.2 cm³/mol. The SMILES string of the molecule is Cc1cc(Nc2nccc(C(=O)NCc3ccc(Cl)cc3)n2)no1. The summed E-state index contributed by atoms with van der Waals surface area (Å²) in [6.45, 7) is 2.16. The van der Waals surface area contributed by atoms with Crippen LogP contribution in [0.5, 0.6) is 0 Å². The first-order chi connectivity index (χ1) is 11.6. The Labute approximate surface area is 143 Å². The van der Waals surface area contributed by atoms with E-state index in [1.165, 1.54) is 12.3 Å². The Bertz CT molecular complexity index is 848. The minimum Gasteiger partial charge on any atom is -0.360 e. The third-order valence-electron chi connectivity index (χ3n) is 3.12. The molecule has 0 saturated carbocycles. The molecule has 0 unspecified atom stereocenters. The zero-order valence-electron chi connectivity index (χ0n) is 12.8. The molecule has 0 aliphatic rings. The number of rotatable bonds is 5. The largest absolute Gasteiger partial charge is 0.360 e. The number of aromatic nitrogens is 3. The molecule has 0 radical (unpaired) electrons. The molecule has 1 aromatic carbocycles. The van der Waals surface area contributed by atoms with Gasteiger partial charge >= 0.3 is 0 Å². The number of amides is 1. The number of benzene rings is 1. The van der Waals surface area contributed by atoms with E-state index in [2.05, 4.69) is 25.8 Å². The number of anilines is 2. The molecule has 1 amide bonds. The molecular weight excluding hydrogens is 330 g/mol. The van der Waals surface area contributed by atoms with E-state index in [0.717, 1.165) is 5.56 Å². The second-order valence-corrected chi connectivity index (χ2v) is 5.46. The number of nitrogens with one attached hydrogen (secondary N) is 2. The van der Waals surface area contributed by atoms with E-state index in [0.29, 0.717) is 23.1 Å². The summed E-state index contributed by atoms with van der Waals surface area (Å²) in [5, 5.41) is 10.1. The lowest BCUT2D eigenvalue weighted by molar-refractivity contribution is 0.0946. The summed E-state index contributed by atoms with van der Waals surface area (Å²) in [7, 11) is 0. The average molecular weight is 344 g/mol. The number of carbonyl (C=O) groups is 1. The first-order valence-electron chi connectivity index (χ1n) is 7.16. The van der Waals surface area contributed by atoms with Crippen molar-refractivity contribution in [1.29, 1.82) is 0 Å². The van der Waals surface area contributed by atoms with Gasteiger partial charge in [-0.25, -0.2) is 9.97 Å². The standard InChI is InChI=1S/C16H14ClN5O2/c1-10-8-14(22-24-10)21-16-18-7-6-13(20-16)15(23)19-9-11-2-4-12(17)5-3-11/h2-8H,9H2,1H3,(H,19,23)(H,18,20,21,22). The van der Waals surface area contributed by atoms with Crippen LogP contribution in [0, 0.1) is 6.92 Å². The highest BCUT2D eigenvalue weighted by molar-refractivity contribution is 6.30.